The van der Waals surface area contributed by atoms with Crippen LogP contribution < -0.4 is 5.32 Å². The second-order valence-electron chi connectivity index (χ2n) is 3.89. The summed E-state index contributed by atoms with van der Waals surface area (Å²) < 4.78 is 8.80. The Morgan fingerprint density at radius 1 is 1.32 bits per heavy atom. The van der Waals surface area contributed by atoms with Crippen LogP contribution in [0, 0.1) is 0 Å². The van der Waals surface area contributed by atoms with E-state index in [4.69, 9.17) is 4.74 Å². The summed E-state index contributed by atoms with van der Waals surface area (Å²) in [6.45, 7) is 2.08. The third kappa shape index (κ3) is 4.02. The van der Waals surface area contributed by atoms with Gasteiger partial charge in [0.25, 0.3) is 0 Å². The number of nitrogens with zero attached hydrogens (tertiary/aromatic N) is 3. The number of pyridine rings is 1. The van der Waals surface area contributed by atoms with Gasteiger partial charge in [0.15, 0.2) is 0 Å². The van der Waals surface area contributed by atoms with E-state index in [-0.39, 0.29) is 0 Å². The highest BCUT2D eigenvalue weighted by Crippen LogP contribution is 2.24. The van der Waals surface area contributed by atoms with Gasteiger partial charge in [-0.3, -0.25) is 9.67 Å². The molecule has 0 saturated heterocycles. The van der Waals surface area contributed by atoms with E-state index < -0.39 is 0 Å². The molecule has 102 valence electrons. The molecular formula is C12H14Br2N4O. The molecule has 0 radical (unpaired) electrons. The van der Waals surface area contributed by atoms with Crippen molar-refractivity contribution >= 4 is 37.7 Å². The van der Waals surface area contributed by atoms with Gasteiger partial charge in [-0.2, -0.15) is 5.10 Å². The summed E-state index contributed by atoms with van der Waals surface area (Å²) in [7, 11) is 1.68. The summed E-state index contributed by atoms with van der Waals surface area (Å²) in [6.07, 6.45) is 5.48. The van der Waals surface area contributed by atoms with E-state index in [0.717, 1.165) is 26.9 Å². The average Bonchev–Trinajstić information content (AvgIpc) is 2.84. The van der Waals surface area contributed by atoms with Crippen LogP contribution in [0.4, 0.5) is 5.82 Å². The van der Waals surface area contributed by atoms with E-state index in [9.17, 15) is 0 Å². The summed E-state index contributed by atoms with van der Waals surface area (Å²) in [4.78, 5) is 4.08. The molecule has 0 aromatic carbocycles. The highest BCUT2D eigenvalue weighted by atomic mass is 79.9. The molecule has 19 heavy (non-hydrogen) atoms. The van der Waals surface area contributed by atoms with Crippen LogP contribution in [0.1, 0.15) is 5.56 Å². The summed E-state index contributed by atoms with van der Waals surface area (Å²) in [5.74, 6) is 0.840. The quantitative estimate of drug-likeness (QED) is 0.824. The van der Waals surface area contributed by atoms with Gasteiger partial charge in [-0.15, -0.1) is 0 Å². The van der Waals surface area contributed by atoms with Crippen molar-refractivity contribution in [1.29, 1.82) is 0 Å². The standard InChI is InChI=1S/C12H14Br2N4O/c1-19-5-4-18-3-2-12(17-18)16-6-9-10(13)7-15-8-11(9)14/h2-3,7-8H,4-6H2,1H3,(H,16,17). The molecule has 2 aromatic heterocycles. The maximum Gasteiger partial charge on any atom is 0.148 e. The van der Waals surface area contributed by atoms with Crippen LogP contribution >= 0.6 is 31.9 Å². The molecule has 0 atom stereocenters. The molecular weight excluding hydrogens is 376 g/mol. The van der Waals surface area contributed by atoms with Gasteiger partial charge >= 0.3 is 0 Å². The highest BCUT2D eigenvalue weighted by molar-refractivity contribution is 9.11. The molecule has 0 spiro atoms. The van der Waals surface area contributed by atoms with Gasteiger partial charge in [-0.1, -0.05) is 0 Å². The second-order valence-corrected chi connectivity index (χ2v) is 5.60. The molecule has 1 N–H and O–H groups in total. The molecule has 2 heterocycles. The van der Waals surface area contributed by atoms with E-state index in [1.807, 2.05) is 16.9 Å². The molecule has 2 rings (SSSR count). The van der Waals surface area contributed by atoms with Gasteiger partial charge in [0.1, 0.15) is 5.82 Å². The van der Waals surface area contributed by atoms with E-state index in [1.54, 1.807) is 19.5 Å². The first kappa shape index (κ1) is 14.5. The predicted molar refractivity (Wildman–Crippen MR) is 81.1 cm³/mol. The van der Waals surface area contributed by atoms with Crippen molar-refractivity contribution < 1.29 is 4.74 Å². The minimum atomic E-state index is 0.655. The normalized spacial score (nSPS) is 10.7. The molecule has 0 bridgehead atoms. The molecule has 2 aromatic rings. The van der Waals surface area contributed by atoms with Crippen LogP contribution in [0.2, 0.25) is 0 Å². The fourth-order valence-corrected chi connectivity index (χ4v) is 2.76. The lowest BCUT2D eigenvalue weighted by atomic mass is 10.3. The number of aromatic nitrogens is 3. The minimum Gasteiger partial charge on any atom is -0.383 e. The van der Waals surface area contributed by atoms with Crippen molar-refractivity contribution in [3.05, 3.63) is 39.2 Å². The Morgan fingerprint density at radius 2 is 2.05 bits per heavy atom. The third-order valence-electron chi connectivity index (χ3n) is 2.56. The first-order valence-corrected chi connectivity index (χ1v) is 7.33. The van der Waals surface area contributed by atoms with Crippen LogP contribution in [-0.4, -0.2) is 28.5 Å². The van der Waals surface area contributed by atoms with Crippen molar-refractivity contribution in [2.45, 2.75) is 13.1 Å². The third-order valence-corrected chi connectivity index (χ3v) is 3.93. The average molecular weight is 390 g/mol. The maximum absolute atomic E-state index is 5.02. The molecule has 7 heteroatoms. The Kier molecular flexibility index (Phi) is 5.35. The Balaban J connectivity index is 1.97. The molecule has 0 aliphatic rings. The topological polar surface area (TPSA) is 52.0 Å². The fraction of sp³-hybridized carbons (Fsp3) is 0.333. The Labute approximate surface area is 128 Å². The second kappa shape index (κ2) is 7.02. The molecule has 0 amide bonds. The monoisotopic (exact) mass is 388 g/mol. The number of hydrogen-bond donors (Lipinski definition) is 1. The summed E-state index contributed by atoms with van der Waals surface area (Å²) in [5.41, 5.74) is 1.11. The number of methoxy groups -OCH3 is 1. The van der Waals surface area contributed by atoms with Gasteiger partial charge in [0, 0.05) is 52.8 Å². The summed E-state index contributed by atoms with van der Waals surface area (Å²) >= 11 is 6.97. The largest absolute Gasteiger partial charge is 0.383 e. The van der Waals surface area contributed by atoms with E-state index in [2.05, 4.69) is 47.3 Å². The van der Waals surface area contributed by atoms with Crippen LogP contribution in [0.5, 0.6) is 0 Å². The number of hydrogen-bond acceptors (Lipinski definition) is 4. The zero-order chi connectivity index (χ0) is 13.7. The van der Waals surface area contributed by atoms with Crippen LogP contribution in [0.15, 0.2) is 33.6 Å². The van der Waals surface area contributed by atoms with E-state index in [0.29, 0.717) is 13.2 Å². The van der Waals surface area contributed by atoms with Crippen molar-refractivity contribution in [2.24, 2.45) is 0 Å². The lowest BCUT2D eigenvalue weighted by Gasteiger charge is -2.07. The minimum absolute atomic E-state index is 0.655. The van der Waals surface area contributed by atoms with Gasteiger partial charge in [0.2, 0.25) is 0 Å². The van der Waals surface area contributed by atoms with E-state index >= 15 is 0 Å². The number of ether oxygens (including phenoxy) is 1. The van der Waals surface area contributed by atoms with Gasteiger partial charge in [-0.05, 0) is 31.9 Å². The number of rotatable bonds is 6. The van der Waals surface area contributed by atoms with Crippen molar-refractivity contribution in [2.75, 3.05) is 19.0 Å². The number of halogens is 2. The first-order valence-electron chi connectivity index (χ1n) is 5.75. The molecule has 0 aliphatic heterocycles. The molecule has 5 nitrogen and oxygen atoms in total. The molecule has 0 saturated carbocycles. The highest BCUT2D eigenvalue weighted by Gasteiger charge is 2.06. The van der Waals surface area contributed by atoms with Crippen molar-refractivity contribution in [1.82, 2.24) is 14.8 Å². The number of nitrogens with one attached hydrogen (secondary N) is 1. The predicted octanol–water partition coefficient (Wildman–Crippen LogP) is 3.06. The zero-order valence-electron chi connectivity index (χ0n) is 10.4. The summed E-state index contributed by atoms with van der Waals surface area (Å²) in [5, 5.41) is 7.68. The zero-order valence-corrected chi connectivity index (χ0v) is 13.6. The van der Waals surface area contributed by atoms with Gasteiger partial charge in [0.05, 0.1) is 13.2 Å². The Morgan fingerprint density at radius 3 is 2.74 bits per heavy atom. The maximum atomic E-state index is 5.02. The first-order chi connectivity index (χ1) is 9.20. The van der Waals surface area contributed by atoms with E-state index in [1.165, 1.54) is 0 Å². The molecule has 0 unspecified atom stereocenters. The lowest BCUT2D eigenvalue weighted by Crippen LogP contribution is -2.06. The van der Waals surface area contributed by atoms with Gasteiger partial charge < -0.3 is 10.1 Å². The van der Waals surface area contributed by atoms with Crippen molar-refractivity contribution in [3.8, 4) is 0 Å². The van der Waals surface area contributed by atoms with Crippen molar-refractivity contribution in [3.63, 3.8) is 0 Å². The molecule has 0 fully saturated rings. The Bertz CT molecular complexity index is 524. The number of anilines is 1. The Hall–Kier alpha value is -0.920. The fourth-order valence-electron chi connectivity index (χ4n) is 1.55. The molecule has 0 aliphatic carbocycles. The smallest absolute Gasteiger partial charge is 0.148 e. The lowest BCUT2D eigenvalue weighted by molar-refractivity contribution is 0.183. The van der Waals surface area contributed by atoms with Crippen LogP contribution in [0.25, 0.3) is 0 Å². The van der Waals surface area contributed by atoms with Gasteiger partial charge in [-0.25, -0.2) is 0 Å². The van der Waals surface area contributed by atoms with Crippen LogP contribution in [-0.2, 0) is 17.8 Å². The van der Waals surface area contributed by atoms with Crippen LogP contribution in [0.3, 0.4) is 0 Å². The summed E-state index contributed by atoms with van der Waals surface area (Å²) in [6, 6.07) is 1.94. The SMILES string of the molecule is COCCn1ccc(NCc2c(Br)cncc2Br)n1.